The third-order valence-electron chi connectivity index (χ3n) is 2.72. The Bertz CT molecular complexity index is 345. The molecule has 1 heterocycles. The van der Waals surface area contributed by atoms with Gasteiger partial charge in [-0.05, 0) is 39.8 Å². The molecule has 84 valence electrons. The Morgan fingerprint density at radius 2 is 1.93 bits per heavy atom. The number of aliphatic hydroxyl groups is 1. The average Bonchev–Trinajstić information content (AvgIpc) is 2.06. The Labute approximate surface area is 95.5 Å². The number of rotatable bonds is 3. The number of hydrogen-bond donors (Lipinski definition) is 2. The average molecular weight is 229 g/mol. The van der Waals surface area contributed by atoms with E-state index in [-0.39, 0.29) is 0 Å². The highest BCUT2D eigenvalue weighted by Gasteiger charge is 2.35. The summed E-state index contributed by atoms with van der Waals surface area (Å²) < 4.78 is 0. The fraction of sp³-hybridized carbons (Fsp3) is 0.545. The van der Waals surface area contributed by atoms with Crippen molar-refractivity contribution in [2.75, 3.05) is 5.32 Å². The van der Waals surface area contributed by atoms with E-state index in [9.17, 15) is 5.11 Å². The monoisotopic (exact) mass is 228 g/mol. The maximum Gasteiger partial charge on any atom is 0.145 e. The Morgan fingerprint density at radius 1 is 1.33 bits per heavy atom. The first kappa shape index (κ1) is 12.3. The van der Waals surface area contributed by atoms with Crippen molar-refractivity contribution in [3.05, 3.63) is 23.4 Å². The maximum atomic E-state index is 9.96. The quantitative estimate of drug-likeness (QED) is 0.836. The van der Waals surface area contributed by atoms with Crippen LogP contribution in [0.5, 0.6) is 0 Å². The summed E-state index contributed by atoms with van der Waals surface area (Å²) in [6.07, 6.45) is 1.66. The molecule has 15 heavy (non-hydrogen) atoms. The molecule has 0 aliphatic carbocycles. The molecule has 0 saturated carbocycles. The predicted octanol–water partition coefficient (Wildman–Crippen LogP) is 2.70. The molecule has 0 radical (unpaired) electrons. The highest BCUT2D eigenvalue weighted by atomic mass is 35.5. The summed E-state index contributed by atoms with van der Waals surface area (Å²) in [5.41, 5.74) is -1.38. The first-order chi connectivity index (χ1) is 6.74. The lowest BCUT2D eigenvalue weighted by Crippen LogP contribution is -2.51. The lowest BCUT2D eigenvalue weighted by molar-refractivity contribution is 0.0239. The van der Waals surface area contributed by atoms with Crippen molar-refractivity contribution in [2.24, 2.45) is 0 Å². The first-order valence-electron chi connectivity index (χ1n) is 4.85. The van der Waals surface area contributed by atoms with Gasteiger partial charge in [-0.3, -0.25) is 0 Å². The van der Waals surface area contributed by atoms with Crippen molar-refractivity contribution in [2.45, 2.75) is 38.8 Å². The van der Waals surface area contributed by atoms with Gasteiger partial charge in [-0.25, -0.2) is 4.98 Å². The number of anilines is 1. The second-order valence-electron chi connectivity index (χ2n) is 4.64. The van der Waals surface area contributed by atoms with E-state index in [1.807, 2.05) is 13.8 Å². The topological polar surface area (TPSA) is 45.1 Å². The smallest absolute Gasteiger partial charge is 0.145 e. The van der Waals surface area contributed by atoms with Crippen LogP contribution in [0.25, 0.3) is 0 Å². The number of hydrogen-bond acceptors (Lipinski definition) is 3. The Balaban J connectivity index is 2.92. The van der Waals surface area contributed by atoms with Crippen LogP contribution in [-0.2, 0) is 0 Å². The fourth-order valence-corrected chi connectivity index (χ4v) is 1.10. The van der Waals surface area contributed by atoms with Gasteiger partial charge in [-0.15, -0.1) is 0 Å². The van der Waals surface area contributed by atoms with Crippen LogP contribution < -0.4 is 5.32 Å². The van der Waals surface area contributed by atoms with Gasteiger partial charge in [0, 0.05) is 6.20 Å². The molecule has 0 amide bonds. The molecule has 3 nitrogen and oxygen atoms in total. The van der Waals surface area contributed by atoms with E-state index >= 15 is 0 Å². The molecule has 0 saturated heterocycles. The minimum absolute atomic E-state index is 0.509. The van der Waals surface area contributed by atoms with Crippen LogP contribution >= 0.6 is 11.6 Å². The highest BCUT2D eigenvalue weighted by Crippen LogP contribution is 2.28. The number of aromatic nitrogens is 1. The molecule has 0 spiro atoms. The lowest BCUT2D eigenvalue weighted by atomic mass is 9.86. The molecule has 0 aromatic carbocycles. The maximum absolute atomic E-state index is 9.96. The van der Waals surface area contributed by atoms with E-state index < -0.39 is 11.1 Å². The number of pyridine rings is 1. The third kappa shape index (κ3) is 2.83. The second-order valence-corrected chi connectivity index (χ2v) is 5.05. The van der Waals surface area contributed by atoms with Crippen molar-refractivity contribution in [1.82, 2.24) is 4.98 Å². The van der Waals surface area contributed by atoms with E-state index in [1.54, 1.807) is 32.2 Å². The highest BCUT2D eigenvalue weighted by molar-refractivity contribution is 6.32. The van der Waals surface area contributed by atoms with Crippen LogP contribution in [0.1, 0.15) is 27.7 Å². The van der Waals surface area contributed by atoms with Gasteiger partial charge in [-0.1, -0.05) is 11.6 Å². The fourth-order valence-electron chi connectivity index (χ4n) is 0.927. The SMILES string of the molecule is CC(C)(O)C(C)(C)Nc1ncccc1Cl. The van der Waals surface area contributed by atoms with Crippen LogP contribution in [-0.4, -0.2) is 21.2 Å². The second kappa shape index (κ2) is 3.99. The van der Waals surface area contributed by atoms with Gasteiger partial charge in [-0.2, -0.15) is 0 Å². The summed E-state index contributed by atoms with van der Waals surface area (Å²) in [6, 6.07) is 3.53. The molecule has 0 unspecified atom stereocenters. The van der Waals surface area contributed by atoms with Gasteiger partial charge in [0.1, 0.15) is 5.82 Å². The molecular weight excluding hydrogens is 212 g/mol. The summed E-state index contributed by atoms with van der Waals surface area (Å²) in [6.45, 7) is 7.30. The Hall–Kier alpha value is -0.800. The molecule has 1 rings (SSSR count). The minimum Gasteiger partial charge on any atom is -0.388 e. The van der Waals surface area contributed by atoms with Crippen molar-refractivity contribution in [3.8, 4) is 0 Å². The number of nitrogens with zero attached hydrogens (tertiary/aromatic N) is 1. The van der Waals surface area contributed by atoms with Crippen LogP contribution in [0.15, 0.2) is 18.3 Å². The van der Waals surface area contributed by atoms with E-state index in [0.717, 1.165) is 0 Å². The molecule has 0 aliphatic rings. The Morgan fingerprint density at radius 3 is 2.40 bits per heavy atom. The largest absolute Gasteiger partial charge is 0.388 e. The van der Waals surface area contributed by atoms with Crippen LogP contribution in [0, 0.1) is 0 Å². The molecule has 0 aliphatic heterocycles. The van der Waals surface area contributed by atoms with Crippen LogP contribution in [0.4, 0.5) is 5.82 Å². The van der Waals surface area contributed by atoms with E-state index in [0.29, 0.717) is 10.8 Å². The minimum atomic E-state index is -0.867. The van der Waals surface area contributed by atoms with Gasteiger partial charge in [0.2, 0.25) is 0 Å². The van der Waals surface area contributed by atoms with Crippen LogP contribution in [0.2, 0.25) is 5.02 Å². The normalized spacial score (nSPS) is 12.7. The van der Waals surface area contributed by atoms with Gasteiger partial charge < -0.3 is 10.4 Å². The van der Waals surface area contributed by atoms with Gasteiger partial charge >= 0.3 is 0 Å². The van der Waals surface area contributed by atoms with E-state index in [2.05, 4.69) is 10.3 Å². The lowest BCUT2D eigenvalue weighted by Gasteiger charge is -2.38. The summed E-state index contributed by atoms with van der Waals surface area (Å²) in [5.74, 6) is 0.589. The predicted molar refractivity (Wildman–Crippen MR) is 63.2 cm³/mol. The van der Waals surface area contributed by atoms with Crippen molar-refractivity contribution >= 4 is 17.4 Å². The zero-order valence-corrected chi connectivity index (χ0v) is 10.3. The molecule has 4 heteroatoms. The molecular formula is C11H17ClN2O. The van der Waals surface area contributed by atoms with Gasteiger partial charge in [0.25, 0.3) is 0 Å². The van der Waals surface area contributed by atoms with Crippen molar-refractivity contribution < 1.29 is 5.11 Å². The standard InChI is InChI=1S/C11H17ClN2O/c1-10(2,11(3,4)15)14-9-8(12)6-5-7-13-9/h5-7,15H,1-4H3,(H,13,14). The molecule has 0 fully saturated rings. The number of nitrogens with one attached hydrogen (secondary N) is 1. The van der Waals surface area contributed by atoms with E-state index in [4.69, 9.17) is 11.6 Å². The van der Waals surface area contributed by atoms with Crippen molar-refractivity contribution in [3.63, 3.8) is 0 Å². The van der Waals surface area contributed by atoms with Crippen LogP contribution in [0.3, 0.4) is 0 Å². The third-order valence-corrected chi connectivity index (χ3v) is 3.02. The van der Waals surface area contributed by atoms with E-state index in [1.165, 1.54) is 0 Å². The summed E-state index contributed by atoms with van der Waals surface area (Å²) in [7, 11) is 0. The summed E-state index contributed by atoms with van der Waals surface area (Å²) in [4.78, 5) is 4.12. The molecule has 1 aromatic rings. The first-order valence-corrected chi connectivity index (χ1v) is 5.23. The summed E-state index contributed by atoms with van der Waals surface area (Å²) >= 11 is 5.97. The molecule has 0 atom stereocenters. The zero-order chi connectivity index (χ0) is 11.7. The summed E-state index contributed by atoms with van der Waals surface area (Å²) in [5, 5.41) is 13.6. The van der Waals surface area contributed by atoms with Crippen molar-refractivity contribution in [1.29, 1.82) is 0 Å². The van der Waals surface area contributed by atoms with Gasteiger partial charge in [0.05, 0.1) is 16.2 Å². The molecule has 2 N–H and O–H groups in total. The molecule has 1 aromatic heterocycles. The van der Waals surface area contributed by atoms with Gasteiger partial charge in [0.15, 0.2) is 0 Å². The molecule has 0 bridgehead atoms. The number of halogens is 1. The zero-order valence-electron chi connectivity index (χ0n) is 9.50. The Kier molecular flexibility index (Phi) is 3.26.